The van der Waals surface area contributed by atoms with Crippen molar-refractivity contribution in [3.05, 3.63) is 99.6 Å². The Bertz CT molecular complexity index is 1430. The molecule has 0 radical (unpaired) electrons. The smallest absolute Gasteiger partial charge is 0.241 e. The van der Waals surface area contributed by atoms with Crippen LogP contribution in [-0.4, -0.2) is 29.0 Å². The van der Waals surface area contributed by atoms with Gasteiger partial charge >= 0.3 is 0 Å². The lowest BCUT2D eigenvalue weighted by Crippen LogP contribution is -2.51. The second-order valence-electron chi connectivity index (χ2n) is 9.33. The number of ketones is 2. The molecular formula is C28H20ClNO5. The predicted molar refractivity (Wildman–Crippen MR) is 129 cm³/mol. The van der Waals surface area contributed by atoms with E-state index in [0.717, 1.165) is 10.5 Å². The van der Waals surface area contributed by atoms with Gasteiger partial charge in [-0.15, -0.1) is 0 Å². The van der Waals surface area contributed by atoms with E-state index in [1.807, 2.05) is 19.1 Å². The van der Waals surface area contributed by atoms with Gasteiger partial charge in [0.05, 0.1) is 23.6 Å². The number of halogens is 1. The molecule has 0 N–H and O–H groups in total. The van der Waals surface area contributed by atoms with E-state index in [1.165, 1.54) is 0 Å². The van der Waals surface area contributed by atoms with Gasteiger partial charge in [0, 0.05) is 16.1 Å². The molecule has 3 aliphatic rings. The maximum absolute atomic E-state index is 14.0. The molecule has 3 aromatic carbocycles. The summed E-state index contributed by atoms with van der Waals surface area (Å²) in [5, 5.41) is 0.365. The molecule has 3 atom stereocenters. The highest BCUT2D eigenvalue weighted by molar-refractivity contribution is 6.37. The number of nitrogens with zero attached hydrogens (tertiary/aromatic N) is 1. The molecule has 0 unspecified atom stereocenters. The summed E-state index contributed by atoms with van der Waals surface area (Å²) in [6.45, 7) is 3.70. The van der Waals surface area contributed by atoms with Gasteiger partial charge in [-0.3, -0.25) is 19.2 Å². The molecule has 0 bridgehead atoms. The van der Waals surface area contributed by atoms with Gasteiger partial charge in [0.1, 0.15) is 0 Å². The van der Waals surface area contributed by atoms with E-state index in [-0.39, 0.29) is 11.1 Å². The van der Waals surface area contributed by atoms with Crippen LogP contribution in [-0.2, 0) is 14.3 Å². The van der Waals surface area contributed by atoms with Crippen molar-refractivity contribution >= 4 is 40.7 Å². The van der Waals surface area contributed by atoms with Crippen LogP contribution < -0.4 is 4.90 Å². The second kappa shape index (κ2) is 7.44. The monoisotopic (exact) mass is 485 g/mol. The van der Waals surface area contributed by atoms with Crippen LogP contribution in [0.3, 0.4) is 0 Å². The zero-order valence-electron chi connectivity index (χ0n) is 18.9. The lowest BCUT2D eigenvalue weighted by atomic mass is 9.77. The molecular weight excluding hydrogens is 466 g/mol. The first-order valence-corrected chi connectivity index (χ1v) is 11.7. The summed E-state index contributed by atoms with van der Waals surface area (Å²) in [5.74, 6) is -4.61. The van der Waals surface area contributed by atoms with E-state index in [1.54, 1.807) is 61.5 Å². The van der Waals surface area contributed by atoms with Crippen LogP contribution in [0.15, 0.2) is 66.7 Å². The summed E-state index contributed by atoms with van der Waals surface area (Å²) in [4.78, 5) is 56.5. The normalized spacial score (nSPS) is 24.4. The largest absolute Gasteiger partial charge is 0.349 e. The minimum Gasteiger partial charge on any atom is -0.349 e. The van der Waals surface area contributed by atoms with Crippen LogP contribution in [0.2, 0.25) is 5.02 Å². The molecule has 174 valence electrons. The first-order valence-electron chi connectivity index (χ1n) is 11.3. The number of carbonyl (C=O) groups is 4. The number of benzene rings is 3. The van der Waals surface area contributed by atoms with Crippen LogP contribution in [0, 0.1) is 25.7 Å². The summed E-state index contributed by atoms with van der Waals surface area (Å²) < 4.78 is 6.30. The van der Waals surface area contributed by atoms with Crippen molar-refractivity contribution in [1.29, 1.82) is 0 Å². The number of aryl methyl sites for hydroxylation is 2. The van der Waals surface area contributed by atoms with E-state index >= 15 is 0 Å². The van der Waals surface area contributed by atoms with Crippen molar-refractivity contribution < 1.29 is 23.9 Å². The molecule has 3 aromatic rings. The number of rotatable bonds is 2. The molecule has 1 aliphatic carbocycles. The van der Waals surface area contributed by atoms with Gasteiger partial charge in [-0.2, -0.15) is 0 Å². The molecule has 2 aliphatic heterocycles. The first kappa shape index (κ1) is 21.9. The maximum atomic E-state index is 14.0. The van der Waals surface area contributed by atoms with Gasteiger partial charge in [0.15, 0.2) is 0 Å². The fourth-order valence-electron chi connectivity index (χ4n) is 5.64. The topological polar surface area (TPSA) is 80.8 Å². The van der Waals surface area contributed by atoms with Crippen LogP contribution in [0.1, 0.15) is 43.5 Å². The summed E-state index contributed by atoms with van der Waals surface area (Å²) in [7, 11) is 0. The van der Waals surface area contributed by atoms with Gasteiger partial charge in [0.25, 0.3) is 0 Å². The Hall–Kier alpha value is -3.61. The number of ether oxygens (including phenoxy) is 1. The number of amides is 2. The van der Waals surface area contributed by atoms with Crippen molar-refractivity contribution in [2.24, 2.45) is 11.8 Å². The van der Waals surface area contributed by atoms with Gasteiger partial charge in [-0.05, 0) is 37.1 Å². The van der Waals surface area contributed by atoms with Crippen LogP contribution in [0.4, 0.5) is 5.69 Å². The number of imide groups is 1. The minimum absolute atomic E-state index is 0.207. The van der Waals surface area contributed by atoms with Gasteiger partial charge in [-0.25, -0.2) is 4.90 Å². The Labute approximate surface area is 206 Å². The van der Waals surface area contributed by atoms with E-state index < -0.39 is 46.9 Å². The van der Waals surface area contributed by atoms with Crippen molar-refractivity contribution in [1.82, 2.24) is 0 Å². The molecule has 0 saturated carbocycles. The number of hydrogen-bond donors (Lipinski definition) is 0. The molecule has 6 nitrogen and oxygen atoms in total. The third-order valence-corrected chi connectivity index (χ3v) is 7.57. The minimum atomic E-state index is -2.09. The van der Waals surface area contributed by atoms with E-state index in [9.17, 15) is 19.2 Å². The molecule has 0 aromatic heterocycles. The molecule has 2 fully saturated rings. The average molecular weight is 486 g/mol. The van der Waals surface area contributed by atoms with Crippen LogP contribution in [0.5, 0.6) is 0 Å². The lowest BCUT2D eigenvalue weighted by molar-refractivity contribution is -0.127. The highest BCUT2D eigenvalue weighted by Gasteiger charge is 2.74. The fourth-order valence-corrected chi connectivity index (χ4v) is 5.80. The SMILES string of the molecule is Cc1ccc([C@@H]2OC3(C(=O)c4ccccc4C3=O)[C@@H]3C(=O)N(c4cc(Cl)ccc4C)C(=O)[C@@H]32)cc1. The highest BCUT2D eigenvalue weighted by Crippen LogP contribution is 2.57. The summed E-state index contributed by atoms with van der Waals surface area (Å²) in [6.07, 6.45) is -0.941. The summed E-state index contributed by atoms with van der Waals surface area (Å²) in [5.41, 5.74) is 0.975. The Morgan fingerprint density at radius 2 is 1.46 bits per heavy atom. The molecule has 7 heteroatoms. The van der Waals surface area contributed by atoms with Gasteiger partial charge in [-0.1, -0.05) is 71.8 Å². The predicted octanol–water partition coefficient (Wildman–Crippen LogP) is 4.65. The summed E-state index contributed by atoms with van der Waals surface area (Å²) >= 11 is 6.20. The van der Waals surface area contributed by atoms with Crippen molar-refractivity contribution in [2.45, 2.75) is 25.6 Å². The number of anilines is 1. The number of hydrogen-bond acceptors (Lipinski definition) is 5. The molecule has 35 heavy (non-hydrogen) atoms. The molecule has 2 saturated heterocycles. The van der Waals surface area contributed by atoms with Crippen molar-refractivity contribution in [3.8, 4) is 0 Å². The van der Waals surface area contributed by atoms with Crippen molar-refractivity contribution in [3.63, 3.8) is 0 Å². The van der Waals surface area contributed by atoms with Gasteiger partial charge < -0.3 is 4.74 Å². The quantitative estimate of drug-likeness (QED) is 0.390. The van der Waals surface area contributed by atoms with E-state index in [2.05, 4.69) is 0 Å². The molecule has 2 amide bonds. The van der Waals surface area contributed by atoms with Crippen LogP contribution >= 0.6 is 11.6 Å². The Morgan fingerprint density at radius 3 is 2.09 bits per heavy atom. The fraction of sp³-hybridized carbons (Fsp3) is 0.214. The molecule has 6 rings (SSSR count). The number of carbonyl (C=O) groups excluding carboxylic acids is 4. The third-order valence-electron chi connectivity index (χ3n) is 7.34. The highest BCUT2D eigenvalue weighted by atomic mass is 35.5. The maximum Gasteiger partial charge on any atom is 0.241 e. The number of Topliss-reactive ketones (excluding diaryl/α,β-unsaturated/α-hetero) is 2. The standard InChI is InChI=1S/C28H20ClNO5/c1-14-7-10-16(11-8-14)23-21-22(27(34)30(26(21)33)20-13-17(29)12-9-15(20)2)28(35-23)24(31)18-5-3-4-6-19(18)25(28)32/h3-13,21-23H,1-2H3/t21-,22-,23-/m0/s1. The average Bonchev–Trinajstić information content (AvgIpc) is 3.41. The van der Waals surface area contributed by atoms with E-state index in [4.69, 9.17) is 16.3 Å². The third kappa shape index (κ3) is 2.81. The molecule has 1 spiro atoms. The lowest BCUT2D eigenvalue weighted by Gasteiger charge is -2.27. The Morgan fingerprint density at radius 1 is 0.829 bits per heavy atom. The number of fused-ring (bicyclic) bond motifs is 3. The molecule has 2 heterocycles. The zero-order valence-corrected chi connectivity index (χ0v) is 19.7. The Balaban J connectivity index is 1.56. The second-order valence-corrected chi connectivity index (χ2v) is 9.77. The van der Waals surface area contributed by atoms with Gasteiger partial charge in [0.2, 0.25) is 29.0 Å². The Kier molecular flexibility index (Phi) is 4.66. The van der Waals surface area contributed by atoms with Crippen molar-refractivity contribution in [2.75, 3.05) is 4.90 Å². The first-order chi connectivity index (χ1) is 16.8. The summed E-state index contributed by atoms with van der Waals surface area (Å²) in [6, 6.07) is 18.7. The van der Waals surface area contributed by atoms with Crippen LogP contribution in [0.25, 0.3) is 0 Å². The zero-order chi connectivity index (χ0) is 24.6. The van der Waals surface area contributed by atoms with E-state index in [0.29, 0.717) is 21.8 Å².